The lowest BCUT2D eigenvalue weighted by atomic mass is 10.1. The van der Waals surface area contributed by atoms with E-state index in [0.29, 0.717) is 5.92 Å². The van der Waals surface area contributed by atoms with E-state index in [1.54, 1.807) is 0 Å². The minimum Gasteiger partial charge on any atom is -0.376 e. The van der Waals surface area contributed by atoms with E-state index in [-0.39, 0.29) is 13.2 Å². The minimum atomic E-state index is -4.15. The molecule has 1 rings (SSSR count). The SMILES string of the molecule is CC(C)CNCc1cccc(COCCC(F)(F)F)c1. The van der Waals surface area contributed by atoms with Gasteiger partial charge in [0.15, 0.2) is 0 Å². The van der Waals surface area contributed by atoms with Crippen molar-refractivity contribution in [3.63, 3.8) is 0 Å². The number of nitrogens with one attached hydrogen (secondary N) is 1. The molecule has 0 heterocycles. The van der Waals surface area contributed by atoms with Crippen molar-refractivity contribution in [1.29, 1.82) is 0 Å². The summed E-state index contributed by atoms with van der Waals surface area (Å²) in [5, 5.41) is 3.33. The summed E-state index contributed by atoms with van der Waals surface area (Å²) in [5.74, 6) is 0.587. The maximum atomic E-state index is 12.0. The molecule has 1 aromatic rings. The molecule has 0 bridgehead atoms. The van der Waals surface area contributed by atoms with Crippen molar-refractivity contribution in [3.8, 4) is 0 Å². The molecule has 0 amide bonds. The van der Waals surface area contributed by atoms with Crippen LogP contribution in [0.4, 0.5) is 13.2 Å². The zero-order valence-electron chi connectivity index (χ0n) is 12.0. The van der Waals surface area contributed by atoms with Crippen molar-refractivity contribution in [3.05, 3.63) is 35.4 Å². The van der Waals surface area contributed by atoms with Crippen LogP contribution in [0.15, 0.2) is 24.3 Å². The van der Waals surface area contributed by atoms with Crippen molar-refractivity contribution in [2.75, 3.05) is 13.2 Å². The molecule has 0 atom stereocenters. The zero-order valence-corrected chi connectivity index (χ0v) is 12.0. The maximum Gasteiger partial charge on any atom is 0.391 e. The fourth-order valence-electron chi connectivity index (χ4n) is 1.71. The summed E-state index contributed by atoms with van der Waals surface area (Å²) in [5.41, 5.74) is 2.01. The first-order chi connectivity index (χ1) is 9.37. The predicted octanol–water partition coefficient (Wildman–Crippen LogP) is 3.90. The summed E-state index contributed by atoms with van der Waals surface area (Å²) < 4.78 is 40.9. The van der Waals surface area contributed by atoms with E-state index in [4.69, 9.17) is 4.74 Å². The average Bonchev–Trinajstić information content (AvgIpc) is 2.34. The molecule has 0 saturated heterocycles. The maximum absolute atomic E-state index is 12.0. The summed E-state index contributed by atoms with van der Waals surface area (Å²) in [6.45, 7) is 5.89. The molecule has 0 aliphatic rings. The quantitative estimate of drug-likeness (QED) is 0.733. The second kappa shape index (κ2) is 8.27. The summed E-state index contributed by atoms with van der Waals surface area (Å²) in [7, 11) is 0. The van der Waals surface area contributed by atoms with Crippen LogP contribution in [0.5, 0.6) is 0 Å². The fourth-order valence-corrected chi connectivity index (χ4v) is 1.71. The lowest BCUT2D eigenvalue weighted by Gasteiger charge is -2.10. The Bertz CT molecular complexity index is 391. The second-order valence-electron chi connectivity index (χ2n) is 5.26. The number of ether oxygens (including phenoxy) is 1. The van der Waals surface area contributed by atoms with E-state index in [9.17, 15) is 13.2 Å². The van der Waals surface area contributed by atoms with E-state index >= 15 is 0 Å². The zero-order chi connectivity index (χ0) is 15.0. The molecule has 0 saturated carbocycles. The Hall–Kier alpha value is -1.07. The fraction of sp³-hybridized carbons (Fsp3) is 0.600. The van der Waals surface area contributed by atoms with Gasteiger partial charge in [0.25, 0.3) is 0 Å². The molecule has 1 aromatic carbocycles. The van der Waals surface area contributed by atoms with Crippen LogP contribution in [0.1, 0.15) is 31.4 Å². The van der Waals surface area contributed by atoms with Crippen LogP contribution in [-0.2, 0) is 17.9 Å². The van der Waals surface area contributed by atoms with Gasteiger partial charge in [-0.3, -0.25) is 0 Å². The standard InChI is InChI=1S/C15H22F3NO/c1-12(2)9-19-10-13-4-3-5-14(8-13)11-20-7-6-15(16,17)18/h3-5,8,12,19H,6-7,9-11H2,1-2H3. The van der Waals surface area contributed by atoms with Gasteiger partial charge in [-0.05, 0) is 23.6 Å². The molecule has 0 aliphatic carbocycles. The summed E-state index contributed by atoms with van der Waals surface area (Å²) >= 11 is 0. The van der Waals surface area contributed by atoms with E-state index in [0.717, 1.165) is 24.2 Å². The van der Waals surface area contributed by atoms with E-state index < -0.39 is 12.6 Å². The number of rotatable bonds is 8. The Morgan fingerprint density at radius 1 is 1.20 bits per heavy atom. The molecule has 0 radical (unpaired) electrons. The largest absolute Gasteiger partial charge is 0.391 e. The molecule has 0 aliphatic heterocycles. The molecule has 0 aromatic heterocycles. The Labute approximate surface area is 118 Å². The third kappa shape index (κ3) is 8.17. The number of hydrogen-bond donors (Lipinski definition) is 1. The van der Waals surface area contributed by atoms with Crippen molar-refractivity contribution in [2.45, 2.75) is 39.6 Å². The van der Waals surface area contributed by atoms with Gasteiger partial charge in [-0.15, -0.1) is 0 Å². The summed E-state index contributed by atoms with van der Waals surface area (Å²) in [4.78, 5) is 0. The molecule has 0 fully saturated rings. The van der Waals surface area contributed by atoms with Gasteiger partial charge in [-0.1, -0.05) is 38.1 Å². The van der Waals surface area contributed by atoms with Gasteiger partial charge in [0.05, 0.1) is 19.6 Å². The average molecular weight is 289 g/mol. The van der Waals surface area contributed by atoms with Gasteiger partial charge in [0.1, 0.15) is 0 Å². The highest BCUT2D eigenvalue weighted by atomic mass is 19.4. The Morgan fingerprint density at radius 2 is 1.90 bits per heavy atom. The summed E-state index contributed by atoms with van der Waals surface area (Å²) in [6.07, 6.45) is -5.05. The van der Waals surface area contributed by atoms with Gasteiger partial charge >= 0.3 is 6.18 Å². The molecule has 5 heteroatoms. The third-order valence-corrected chi connectivity index (χ3v) is 2.67. The first-order valence-corrected chi connectivity index (χ1v) is 6.80. The van der Waals surface area contributed by atoms with Gasteiger partial charge in [0, 0.05) is 6.54 Å². The number of halogens is 3. The highest BCUT2D eigenvalue weighted by Gasteiger charge is 2.26. The van der Waals surface area contributed by atoms with Crippen molar-refractivity contribution >= 4 is 0 Å². The molecular weight excluding hydrogens is 267 g/mol. The number of benzene rings is 1. The molecular formula is C15H22F3NO. The normalized spacial score (nSPS) is 12.1. The molecule has 0 unspecified atom stereocenters. The van der Waals surface area contributed by atoms with Crippen LogP contribution < -0.4 is 5.32 Å². The third-order valence-electron chi connectivity index (χ3n) is 2.67. The number of hydrogen-bond acceptors (Lipinski definition) is 2. The van der Waals surface area contributed by atoms with Gasteiger partial charge in [0.2, 0.25) is 0 Å². The van der Waals surface area contributed by atoms with Crippen molar-refractivity contribution in [1.82, 2.24) is 5.32 Å². The summed E-state index contributed by atoms with van der Waals surface area (Å²) in [6, 6.07) is 7.71. The monoisotopic (exact) mass is 289 g/mol. The highest BCUT2D eigenvalue weighted by molar-refractivity contribution is 5.22. The smallest absolute Gasteiger partial charge is 0.376 e. The second-order valence-corrected chi connectivity index (χ2v) is 5.26. The van der Waals surface area contributed by atoms with Crippen LogP contribution >= 0.6 is 0 Å². The molecule has 20 heavy (non-hydrogen) atoms. The van der Waals surface area contributed by atoms with E-state index in [2.05, 4.69) is 19.2 Å². The van der Waals surface area contributed by atoms with E-state index in [1.165, 1.54) is 0 Å². The highest BCUT2D eigenvalue weighted by Crippen LogP contribution is 2.19. The number of alkyl halides is 3. The van der Waals surface area contributed by atoms with E-state index in [1.807, 2.05) is 24.3 Å². The minimum absolute atomic E-state index is 0.216. The van der Waals surface area contributed by atoms with Gasteiger partial charge in [-0.25, -0.2) is 0 Å². The predicted molar refractivity (Wildman–Crippen MR) is 73.3 cm³/mol. The van der Waals surface area contributed by atoms with Crippen LogP contribution in [0.25, 0.3) is 0 Å². The molecule has 0 spiro atoms. The first-order valence-electron chi connectivity index (χ1n) is 6.80. The Kier molecular flexibility index (Phi) is 7.02. The van der Waals surface area contributed by atoms with Crippen LogP contribution in [0, 0.1) is 5.92 Å². The molecule has 114 valence electrons. The van der Waals surface area contributed by atoms with Gasteiger partial charge in [-0.2, -0.15) is 13.2 Å². The van der Waals surface area contributed by atoms with Gasteiger partial charge < -0.3 is 10.1 Å². The molecule has 1 N–H and O–H groups in total. The van der Waals surface area contributed by atoms with Crippen LogP contribution in [-0.4, -0.2) is 19.3 Å². The Balaban J connectivity index is 2.32. The molecule has 2 nitrogen and oxygen atoms in total. The van der Waals surface area contributed by atoms with Crippen LogP contribution in [0.3, 0.4) is 0 Å². The lowest BCUT2D eigenvalue weighted by molar-refractivity contribution is -0.146. The van der Waals surface area contributed by atoms with Crippen molar-refractivity contribution < 1.29 is 17.9 Å². The lowest BCUT2D eigenvalue weighted by Crippen LogP contribution is -2.19. The first kappa shape index (κ1) is 17.0. The Morgan fingerprint density at radius 3 is 2.55 bits per heavy atom. The van der Waals surface area contributed by atoms with Crippen LogP contribution in [0.2, 0.25) is 0 Å². The van der Waals surface area contributed by atoms with Crippen molar-refractivity contribution in [2.24, 2.45) is 5.92 Å². The topological polar surface area (TPSA) is 21.3 Å².